The van der Waals surface area contributed by atoms with Gasteiger partial charge in [-0.25, -0.2) is 8.42 Å². The van der Waals surface area contributed by atoms with Crippen LogP contribution < -0.4 is 5.32 Å². The summed E-state index contributed by atoms with van der Waals surface area (Å²) >= 11 is 0. The van der Waals surface area contributed by atoms with E-state index in [4.69, 9.17) is 0 Å². The van der Waals surface area contributed by atoms with E-state index in [1.807, 2.05) is 37.3 Å². The third-order valence-electron chi connectivity index (χ3n) is 4.62. The number of rotatable bonds is 5. The van der Waals surface area contributed by atoms with Gasteiger partial charge in [-0.15, -0.1) is 0 Å². The molecule has 0 aromatic heterocycles. The van der Waals surface area contributed by atoms with Crippen LogP contribution >= 0.6 is 0 Å². The van der Waals surface area contributed by atoms with Crippen LogP contribution in [0.25, 0.3) is 0 Å². The molecule has 0 heterocycles. The Morgan fingerprint density at radius 1 is 1.24 bits per heavy atom. The van der Waals surface area contributed by atoms with Gasteiger partial charge in [0, 0.05) is 6.04 Å². The van der Waals surface area contributed by atoms with Gasteiger partial charge < -0.3 is 5.32 Å². The first-order chi connectivity index (χ1) is 9.87. The zero-order valence-electron chi connectivity index (χ0n) is 13.3. The first-order valence-corrected chi connectivity index (χ1v) is 9.57. The monoisotopic (exact) mass is 309 g/mol. The van der Waals surface area contributed by atoms with Gasteiger partial charge in [0.05, 0.1) is 11.0 Å². The maximum absolute atomic E-state index is 12.9. The molecule has 1 saturated carbocycles. The normalized spacial score (nSPS) is 25.7. The fraction of sp³-hybridized carbons (Fsp3) is 0.647. The lowest BCUT2D eigenvalue weighted by Gasteiger charge is -2.44. The highest BCUT2D eigenvalue weighted by Crippen LogP contribution is 2.39. The lowest BCUT2D eigenvalue weighted by Crippen LogP contribution is -2.55. The second-order valence-corrected chi connectivity index (χ2v) is 8.97. The molecule has 3 nitrogen and oxygen atoms in total. The summed E-state index contributed by atoms with van der Waals surface area (Å²) < 4.78 is 25.8. The largest absolute Gasteiger partial charge is 0.312 e. The molecule has 0 spiro atoms. The van der Waals surface area contributed by atoms with E-state index in [1.165, 1.54) is 0 Å². The maximum Gasteiger partial charge on any atom is 0.158 e. The Morgan fingerprint density at radius 3 is 2.52 bits per heavy atom. The van der Waals surface area contributed by atoms with Crippen molar-refractivity contribution in [3.8, 4) is 0 Å². The van der Waals surface area contributed by atoms with E-state index in [0.29, 0.717) is 0 Å². The van der Waals surface area contributed by atoms with E-state index in [9.17, 15) is 8.42 Å². The Kier molecular flexibility index (Phi) is 5.10. The molecule has 1 aromatic carbocycles. The minimum Gasteiger partial charge on any atom is -0.312 e. The van der Waals surface area contributed by atoms with Crippen LogP contribution in [-0.2, 0) is 15.6 Å². The second-order valence-electron chi connectivity index (χ2n) is 6.75. The summed E-state index contributed by atoms with van der Waals surface area (Å²) in [6.07, 6.45) is 2.85. The van der Waals surface area contributed by atoms with Crippen molar-refractivity contribution in [3.05, 3.63) is 35.9 Å². The lowest BCUT2D eigenvalue weighted by atomic mass is 9.73. The molecule has 2 atom stereocenters. The molecule has 1 N–H and O–H groups in total. The van der Waals surface area contributed by atoms with E-state index >= 15 is 0 Å². The topological polar surface area (TPSA) is 46.2 Å². The SMILES string of the molecule is CCNC1C(S(=O)(=O)Cc2ccccc2)CCCC1(C)C. The average Bonchev–Trinajstić information content (AvgIpc) is 2.41. The molecule has 2 unspecified atom stereocenters. The average molecular weight is 309 g/mol. The van der Waals surface area contributed by atoms with Crippen LogP contribution in [0.2, 0.25) is 0 Å². The number of hydrogen-bond acceptors (Lipinski definition) is 3. The third-order valence-corrected chi connectivity index (χ3v) is 6.79. The third kappa shape index (κ3) is 3.86. The molecule has 0 bridgehead atoms. The van der Waals surface area contributed by atoms with E-state index in [0.717, 1.165) is 31.4 Å². The van der Waals surface area contributed by atoms with Crippen LogP contribution in [0, 0.1) is 5.41 Å². The fourth-order valence-electron chi connectivity index (χ4n) is 3.51. The van der Waals surface area contributed by atoms with Gasteiger partial charge in [0.15, 0.2) is 9.84 Å². The minimum atomic E-state index is -3.14. The van der Waals surface area contributed by atoms with Crippen molar-refractivity contribution in [2.45, 2.75) is 57.1 Å². The van der Waals surface area contributed by atoms with Crippen LogP contribution in [0.3, 0.4) is 0 Å². The van der Waals surface area contributed by atoms with Crippen molar-refractivity contribution in [1.29, 1.82) is 0 Å². The summed E-state index contributed by atoms with van der Waals surface area (Å²) in [7, 11) is -3.14. The highest BCUT2D eigenvalue weighted by molar-refractivity contribution is 7.91. The molecule has 1 aliphatic rings. The van der Waals surface area contributed by atoms with E-state index < -0.39 is 9.84 Å². The number of hydrogen-bond donors (Lipinski definition) is 1. The van der Waals surface area contributed by atoms with Gasteiger partial charge in [-0.05, 0) is 30.4 Å². The Hall–Kier alpha value is -0.870. The molecule has 1 aliphatic carbocycles. The molecule has 1 fully saturated rings. The maximum atomic E-state index is 12.9. The predicted molar refractivity (Wildman–Crippen MR) is 88.0 cm³/mol. The molecule has 0 amide bonds. The smallest absolute Gasteiger partial charge is 0.158 e. The molecule has 21 heavy (non-hydrogen) atoms. The molecular weight excluding hydrogens is 282 g/mol. The van der Waals surface area contributed by atoms with Crippen molar-refractivity contribution in [2.75, 3.05) is 6.54 Å². The van der Waals surface area contributed by atoms with Gasteiger partial charge >= 0.3 is 0 Å². The van der Waals surface area contributed by atoms with E-state index in [2.05, 4.69) is 19.2 Å². The zero-order chi connectivity index (χ0) is 15.5. The van der Waals surface area contributed by atoms with Crippen molar-refractivity contribution in [3.63, 3.8) is 0 Å². The summed E-state index contributed by atoms with van der Waals surface area (Å²) in [4.78, 5) is 0. The number of sulfone groups is 1. The van der Waals surface area contributed by atoms with Crippen LogP contribution in [0.4, 0.5) is 0 Å². The van der Waals surface area contributed by atoms with Gasteiger partial charge in [-0.3, -0.25) is 0 Å². The first-order valence-electron chi connectivity index (χ1n) is 7.86. The van der Waals surface area contributed by atoms with E-state index in [-0.39, 0.29) is 22.5 Å². The summed E-state index contributed by atoms with van der Waals surface area (Å²) in [5.74, 6) is 0.149. The Labute approximate surface area is 129 Å². The zero-order valence-corrected chi connectivity index (χ0v) is 14.1. The molecule has 0 saturated heterocycles. The summed E-state index contributed by atoms with van der Waals surface area (Å²) in [6.45, 7) is 7.23. The minimum absolute atomic E-state index is 0.0304. The number of nitrogens with one attached hydrogen (secondary N) is 1. The summed E-state index contributed by atoms with van der Waals surface area (Å²) in [5.41, 5.74) is 0.916. The Balaban J connectivity index is 2.24. The van der Waals surface area contributed by atoms with Gasteiger partial charge in [0.25, 0.3) is 0 Å². The highest BCUT2D eigenvalue weighted by Gasteiger charge is 2.44. The molecule has 0 radical (unpaired) electrons. The van der Waals surface area contributed by atoms with Gasteiger partial charge in [0.2, 0.25) is 0 Å². The van der Waals surface area contributed by atoms with Crippen LogP contribution in [0.1, 0.15) is 45.6 Å². The molecular formula is C17H27NO2S. The van der Waals surface area contributed by atoms with Crippen LogP contribution in [0.15, 0.2) is 30.3 Å². The van der Waals surface area contributed by atoms with Crippen LogP contribution in [0.5, 0.6) is 0 Å². The Morgan fingerprint density at radius 2 is 1.90 bits per heavy atom. The number of benzene rings is 1. The summed E-state index contributed by atoms with van der Waals surface area (Å²) in [6, 6.07) is 9.56. The molecule has 1 aromatic rings. The van der Waals surface area contributed by atoms with Crippen molar-refractivity contribution < 1.29 is 8.42 Å². The van der Waals surface area contributed by atoms with Crippen molar-refractivity contribution in [1.82, 2.24) is 5.32 Å². The first kappa shape index (κ1) is 16.5. The van der Waals surface area contributed by atoms with Crippen molar-refractivity contribution >= 4 is 9.84 Å². The summed E-state index contributed by atoms with van der Waals surface area (Å²) in [5, 5.41) is 3.16. The van der Waals surface area contributed by atoms with Gasteiger partial charge in [-0.1, -0.05) is 57.5 Å². The quantitative estimate of drug-likeness (QED) is 0.909. The second kappa shape index (κ2) is 6.49. The van der Waals surface area contributed by atoms with Crippen LogP contribution in [-0.4, -0.2) is 26.3 Å². The van der Waals surface area contributed by atoms with Gasteiger partial charge in [-0.2, -0.15) is 0 Å². The van der Waals surface area contributed by atoms with E-state index in [1.54, 1.807) is 0 Å². The standard InChI is InChI=1S/C17H27NO2S/c1-4-18-16-15(11-8-12-17(16,2)3)21(19,20)13-14-9-6-5-7-10-14/h5-7,9-10,15-16,18H,4,8,11-13H2,1-3H3. The molecule has 118 valence electrons. The highest BCUT2D eigenvalue weighted by atomic mass is 32.2. The van der Waals surface area contributed by atoms with Crippen molar-refractivity contribution in [2.24, 2.45) is 5.41 Å². The Bertz CT molecular complexity index is 551. The molecule has 4 heteroatoms. The van der Waals surface area contributed by atoms with Gasteiger partial charge in [0.1, 0.15) is 0 Å². The lowest BCUT2D eigenvalue weighted by molar-refractivity contribution is 0.172. The molecule has 0 aliphatic heterocycles. The predicted octanol–water partition coefficient (Wildman–Crippen LogP) is 3.16. The fourth-order valence-corrected chi connectivity index (χ4v) is 5.79. The molecule has 2 rings (SSSR count).